The number of hydroxylamine groups is 1. The van der Waals surface area contributed by atoms with Crippen LogP contribution in [0, 0.1) is 0 Å². The summed E-state index contributed by atoms with van der Waals surface area (Å²) in [6, 6.07) is 7.78. The lowest BCUT2D eigenvalue weighted by atomic mass is 10.2. The largest absolute Gasteiger partial charge is 0.468 e. The first-order valence-electron chi connectivity index (χ1n) is 4.74. The van der Waals surface area contributed by atoms with Crippen LogP contribution in [-0.2, 0) is 14.4 Å². The second-order valence-electron chi connectivity index (χ2n) is 3.12. The average Bonchev–Trinajstić information content (AvgIpc) is 2.35. The van der Waals surface area contributed by atoms with Crippen molar-refractivity contribution >= 4 is 11.9 Å². The molecular formula is C11H13NO4. The molecule has 0 radical (unpaired) electrons. The Labute approximate surface area is 93.3 Å². The van der Waals surface area contributed by atoms with Crippen molar-refractivity contribution in [3.8, 4) is 0 Å². The number of carbonyl (C=O) groups excluding carboxylic acids is 2. The minimum absolute atomic E-state index is 0.409. The zero-order valence-corrected chi connectivity index (χ0v) is 9.10. The van der Waals surface area contributed by atoms with E-state index in [0.717, 1.165) is 0 Å². The molecule has 0 aliphatic carbocycles. The van der Waals surface area contributed by atoms with E-state index in [9.17, 15) is 9.59 Å². The number of methoxy groups -OCH3 is 1. The SMILES string of the molecule is COC(=O)[C@H](C)NOC(=O)c1ccccc1. The number of hydrogen-bond donors (Lipinski definition) is 1. The number of rotatable bonds is 4. The third-order valence-electron chi connectivity index (χ3n) is 1.89. The van der Waals surface area contributed by atoms with Gasteiger partial charge < -0.3 is 9.57 Å². The smallest absolute Gasteiger partial charge is 0.356 e. The maximum atomic E-state index is 11.4. The van der Waals surface area contributed by atoms with Crippen LogP contribution in [-0.4, -0.2) is 25.1 Å². The van der Waals surface area contributed by atoms with Gasteiger partial charge in [0, 0.05) is 0 Å². The van der Waals surface area contributed by atoms with Crippen molar-refractivity contribution in [3.05, 3.63) is 35.9 Å². The van der Waals surface area contributed by atoms with E-state index in [1.165, 1.54) is 14.0 Å². The third-order valence-corrected chi connectivity index (χ3v) is 1.89. The molecule has 0 aliphatic rings. The van der Waals surface area contributed by atoms with E-state index in [4.69, 9.17) is 4.84 Å². The molecular weight excluding hydrogens is 210 g/mol. The van der Waals surface area contributed by atoms with E-state index in [1.807, 2.05) is 0 Å². The van der Waals surface area contributed by atoms with Gasteiger partial charge >= 0.3 is 11.9 Å². The van der Waals surface area contributed by atoms with Crippen molar-refractivity contribution in [2.45, 2.75) is 13.0 Å². The Morgan fingerprint density at radius 1 is 1.25 bits per heavy atom. The summed E-state index contributed by atoms with van der Waals surface area (Å²) >= 11 is 0. The van der Waals surface area contributed by atoms with E-state index in [0.29, 0.717) is 5.56 Å². The van der Waals surface area contributed by atoms with Crippen LogP contribution >= 0.6 is 0 Å². The van der Waals surface area contributed by atoms with Gasteiger partial charge in [-0.25, -0.2) is 4.79 Å². The second kappa shape index (κ2) is 5.87. The van der Waals surface area contributed by atoms with Crippen LogP contribution in [0.3, 0.4) is 0 Å². The molecule has 0 aliphatic heterocycles. The van der Waals surface area contributed by atoms with Crippen LogP contribution < -0.4 is 5.48 Å². The Balaban J connectivity index is 2.45. The van der Waals surface area contributed by atoms with Gasteiger partial charge in [-0.2, -0.15) is 0 Å². The lowest BCUT2D eigenvalue weighted by Crippen LogP contribution is -2.36. The number of ether oxygens (including phenoxy) is 1. The molecule has 1 rings (SSSR count). The fourth-order valence-electron chi connectivity index (χ4n) is 1.000. The van der Waals surface area contributed by atoms with E-state index < -0.39 is 18.0 Å². The zero-order chi connectivity index (χ0) is 12.0. The summed E-state index contributed by atoms with van der Waals surface area (Å²) in [5, 5.41) is 0. The Bertz CT molecular complexity index is 364. The van der Waals surface area contributed by atoms with E-state index in [1.54, 1.807) is 30.3 Å². The van der Waals surface area contributed by atoms with Crippen LogP contribution in [0.4, 0.5) is 0 Å². The molecule has 5 heteroatoms. The zero-order valence-electron chi connectivity index (χ0n) is 9.10. The van der Waals surface area contributed by atoms with Crippen LogP contribution in [0.5, 0.6) is 0 Å². The molecule has 0 heterocycles. The van der Waals surface area contributed by atoms with Crippen LogP contribution in [0.1, 0.15) is 17.3 Å². The maximum Gasteiger partial charge on any atom is 0.356 e. The first-order valence-corrected chi connectivity index (χ1v) is 4.74. The molecule has 1 aromatic carbocycles. The number of carbonyl (C=O) groups is 2. The van der Waals surface area contributed by atoms with Gasteiger partial charge in [0.1, 0.15) is 6.04 Å². The highest BCUT2D eigenvalue weighted by Crippen LogP contribution is 2.00. The van der Waals surface area contributed by atoms with Gasteiger partial charge in [-0.05, 0) is 19.1 Å². The fourth-order valence-corrected chi connectivity index (χ4v) is 1.000. The highest BCUT2D eigenvalue weighted by Gasteiger charge is 2.15. The fraction of sp³-hybridized carbons (Fsp3) is 0.273. The normalized spacial score (nSPS) is 11.6. The quantitative estimate of drug-likeness (QED) is 0.607. The van der Waals surface area contributed by atoms with E-state index in [2.05, 4.69) is 10.2 Å². The lowest BCUT2D eigenvalue weighted by molar-refractivity contribution is -0.145. The summed E-state index contributed by atoms with van der Waals surface area (Å²) in [6.07, 6.45) is 0. The number of esters is 1. The van der Waals surface area contributed by atoms with Crippen molar-refractivity contribution in [3.63, 3.8) is 0 Å². The topological polar surface area (TPSA) is 64.6 Å². The Morgan fingerprint density at radius 3 is 2.44 bits per heavy atom. The van der Waals surface area contributed by atoms with Crippen LogP contribution in [0.15, 0.2) is 30.3 Å². The number of nitrogens with one attached hydrogen (secondary N) is 1. The molecule has 1 aromatic rings. The Kier molecular flexibility index (Phi) is 4.47. The van der Waals surface area contributed by atoms with Crippen molar-refractivity contribution in [1.29, 1.82) is 0 Å². The van der Waals surface area contributed by atoms with Crippen molar-refractivity contribution in [2.75, 3.05) is 7.11 Å². The van der Waals surface area contributed by atoms with Gasteiger partial charge in [-0.15, -0.1) is 5.48 Å². The lowest BCUT2D eigenvalue weighted by Gasteiger charge is -2.10. The number of benzene rings is 1. The summed E-state index contributed by atoms with van der Waals surface area (Å²) in [7, 11) is 1.26. The van der Waals surface area contributed by atoms with Gasteiger partial charge in [-0.1, -0.05) is 18.2 Å². The standard InChI is InChI=1S/C11H13NO4/c1-8(10(13)15-2)12-16-11(14)9-6-4-3-5-7-9/h3-8,12H,1-2H3/t8-/m0/s1. The molecule has 16 heavy (non-hydrogen) atoms. The van der Waals surface area contributed by atoms with Gasteiger partial charge in [-0.3, -0.25) is 4.79 Å². The highest BCUT2D eigenvalue weighted by atomic mass is 16.7. The Morgan fingerprint density at radius 2 is 1.88 bits per heavy atom. The minimum atomic E-state index is -0.697. The molecule has 5 nitrogen and oxygen atoms in total. The first kappa shape index (κ1) is 12.2. The molecule has 0 fully saturated rings. The molecule has 0 aromatic heterocycles. The van der Waals surface area contributed by atoms with Crippen molar-refractivity contribution in [1.82, 2.24) is 5.48 Å². The predicted octanol–water partition coefficient (Wildman–Crippen LogP) is 0.909. The molecule has 1 N–H and O–H groups in total. The molecule has 0 saturated carbocycles. The van der Waals surface area contributed by atoms with Gasteiger partial charge in [0.05, 0.1) is 12.7 Å². The Hall–Kier alpha value is -1.88. The average molecular weight is 223 g/mol. The van der Waals surface area contributed by atoms with Gasteiger partial charge in [0.15, 0.2) is 0 Å². The molecule has 86 valence electrons. The highest BCUT2D eigenvalue weighted by molar-refractivity contribution is 5.89. The summed E-state index contributed by atoms with van der Waals surface area (Å²) in [5.41, 5.74) is 2.72. The van der Waals surface area contributed by atoms with Crippen molar-refractivity contribution < 1.29 is 19.2 Å². The minimum Gasteiger partial charge on any atom is -0.468 e. The maximum absolute atomic E-state index is 11.4. The number of hydrogen-bond acceptors (Lipinski definition) is 5. The van der Waals surface area contributed by atoms with E-state index >= 15 is 0 Å². The summed E-state index contributed by atoms with van der Waals surface area (Å²) < 4.78 is 4.46. The molecule has 0 spiro atoms. The van der Waals surface area contributed by atoms with Gasteiger partial charge in [0.2, 0.25) is 0 Å². The summed E-state index contributed by atoms with van der Waals surface area (Å²) in [6.45, 7) is 1.53. The van der Waals surface area contributed by atoms with E-state index in [-0.39, 0.29) is 0 Å². The van der Waals surface area contributed by atoms with Gasteiger partial charge in [0.25, 0.3) is 0 Å². The third kappa shape index (κ3) is 3.36. The summed E-state index contributed by atoms with van der Waals surface area (Å²) in [4.78, 5) is 27.1. The molecule has 0 saturated heterocycles. The monoisotopic (exact) mass is 223 g/mol. The molecule has 0 amide bonds. The molecule has 1 atom stereocenters. The molecule has 0 bridgehead atoms. The molecule has 0 unspecified atom stereocenters. The predicted molar refractivity (Wildman–Crippen MR) is 56.5 cm³/mol. The van der Waals surface area contributed by atoms with Crippen LogP contribution in [0.25, 0.3) is 0 Å². The first-order chi connectivity index (χ1) is 7.65. The summed E-state index contributed by atoms with van der Waals surface area (Å²) in [5.74, 6) is -1.04. The second-order valence-corrected chi connectivity index (χ2v) is 3.12. The van der Waals surface area contributed by atoms with Crippen molar-refractivity contribution in [2.24, 2.45) is 0 Å². The van der Waals surface area contributed by atoms with Crippen LogP contribution in [0.2, 0.25) is 0 Å².